The number of hydrogen-bond donors (Lipinski definition) is 2. The minimum absolute atomic E-state index is 0.0463. The molecule has 2 aromatic rings. The van der Waals surface area contributed by atoms with E-state index in [-0.39, 0.29) is 30.4 Å². The van der Waals surface area contributed by atoms with E-state index in [1.54, 1.807) is 31.3 Å². The number of nitro groups is 1. The van der Waals surface area contributed by atoms with E-state index in [2.05, 4.69) is 10.6 Å². The maximum Gasteiger partial charge on any atom is 0.296 e. The van der Waals surface area contributed by atoms with Crippen molar-refractivity contribution in [3.63, 3.8) is 0 Å². The minimum atomic E-state index is -0.608. The second kappa shape index (κ2) is 10.0. The van der Waals surface area contributed by atoms with Gasteiger partial charge in [-0.25, -0.2) is 0 Å². The van der Waals surface area contributed by atoms with E-state index in [1.165, 1.54) is 37.3 Å². The highest BCUT2D eigenvalue weighted by atomic mass is 16.6. The highest BCUT2D eigenvalue weighted by molar-refractivity contribution is 5.96. The first kappa shape index (κ1) is 21.6. The second-order valence-electron chi connectivity index (χ2n) is 6.14. The zero-order valence-corrected chi connectivity index (χ0v) is 16.3. The Labute approximate surface area is 167 Å². The second-order valence-corrected chi connectivity index (χ2v) is 6.14. The first-order valence-corrected chi connectivity index (χ1v) is 8.57. The summed E-state index contributed by atoms with van der Waals surface area (Å²) in [6.45, 7) is -0.177. The number of ether oxygens (including phenoxy) is 2. The number of nitro benzene ring substituents is 1. The van der Waals surface area contributed by atoms with Gasteiger partial charge in [-0.3, -0.25) is 24.6 Å². The van der Waals surface area contributed by atoms with Gasteiger partial charge >= 0.3 is 0 Å². The van der Waals surface area contributed by atoms with E-state index in [0.29, 0.717) is 17.2 Å². The molecule has 0 saturated heterocycles. The molecule has 10 heteroatoms. The third-order valence-electron chi connectivity index (χ3n) is 3.86. The van der Waals surface area contributed by atoms with Gasteiger partial charge in [0.2, 0.25) is 11.8 Å². The van der Waals surface area contributed by atoms with Crippen molar-refractivity contribution in [2.75, 3.05) is 45.0 Å². The van der Waals surface area contributed by atoms with E-state index in [1.807, 2.05) is 0 Å². The van der Waals surface area contributed by atoms with Gasteiger partial charge in [-0.2, -0.15) is 0 Å². The van der Waals surface area contributed by atoms with Crippen molar-refractivity contribution in [1.82, 2.24) is 4.90 Å². The van der Waals surface area contributed by atoms with Crippen LogP contribution in [0.3, 0.4) is 0 Å². The molecule has 2 aromatic carbocycles. The van der Waals surface area contributed by atoms with Crippen LogP contribution in [-0.2, 0) is 9.59 Å². The van der Waals surface area contributed by atoms with Gasteiger partial charge in [0.1, 0.15) is 17.2 Å². The lowest BCUT2D eigenvalue weighted by Gasteiger charge is -2.16. The van der Waals surface area contributed by atoms with E-state index < -0.39 is 10.8 Å². The van der Waals surface area contributed by atoms with E-state index in [4.69, 9.17) is 9.47 Å². The molecule has 0 radical (unpaired) electrons. The Kier molecular flexibility index (Phi) is 7.49. The van der Waals surface area contributed by atoms with Crippen molar-refractivity contribution < 1.29 is 24.0 Å². The number of carbonyl (C=O) groups is 2. The molecule has 10 nitrogen and oxygen atoms in total. The van der Waals surface area contributed by atoms with Crippen LogP contribution < -0.4 is 20.1 Å². The molecule has 0 atom stereocenters. The Morgan fingerprint density at radius 3 is 2.24 bits per heavy atom. The van der Waals surface area contributed by atoms with Crippen molar-refractivity contribution >= 4 is 28.9 Å². The quantitative estimate of drug-likeness (QED) is 0.486. The average Bonchev–Trinajstić information content (AvgIpc) is 2.67. The number of rotatable bonds is 9. The normalized spacial score (nSPS) is 10.3. The highest BCUT2D eigenvalue weighted by Crippen LogP contribution is 2.28. The summed E-state index contributed by atoms with van der Waals surface area (Å²) in [5, 5.41) is 16.4. The predicted molar refractivity (Wildman–Crippen MR) is 107 cm³/mol. The van der Waals surface area contributed by atoms with Gasteiger partial charge in [-0.05, 0) is 31.3 Å². The summed E-state index contributed by atoms with van der Waals surface area (Å²) >= 11 is 0. The van der Waals surface area contributed by atoms with Gasteiger partial charge in [0, 0.05) is 11.8 Å². The lowest BCUT2D eigenvalue weighted by atomic mass is 10.2. The molecule has 0 aromatic heterocycles. The largest absolute Gasteiger partial charge is 0.497 e. The molecular formula is C19H22N4O6. The lowest BCUT2D eigenvalue weighted by Crippen LogP contribution is -2.36. The summed E-state index contributed by atoms with van der Waals surface area (Å²) in [5.41, 5.74) is 0.340. The SMILES string of the molecule is COc1cccc(NC(=O)CN(C)CC(=O)Nc2ccc(OC)cc2[N+](=O)[O-])c1. The Morgan fingerprint density at radius 2 is 1.62 bits per heavy atom. The molecule has 0 fully saturated rings. The summed E-state index contributed by atoms with van der Waals surface area (Å²) in [5.74, 6) is 0.108. The first-order valence-electron chi connectivity index (χ1n) is 8.57. The number of nitrogens with zero attached hydrogens (tertiary/aromatic N) is 2. The van der Waals surface area contributed by atoms with Gasteiger partial charge in [0.05, 0.1) is 38.3 Å². The molecular weight excluding hydrogens is 380 g/mol. The van der Waals surface area contributed by atoms with Crippen molar-refractivity contribution in [1.29, 1.82) is 0 Å². The van der Waals surface area contributed by atoms with Crippen LogP contribution in [0.5, 0.6) is 11.5 Å². The number of likely N-dealkylation sites (N-methyl/N-ethyl adjacent to an activating group) is 1. The summed E-state index contributed by atoms with van der Waals surface area (Å²) in [4.78, 5) is 36.4. The van der Waals surface area contributed by atoms with Crippen LogP contribution in [0.25, 0.3) is 0 Å². The summed E-state index contributed by atoms with van der Waals surface area (Å²) in [7, 11) is 4.51. The van der Waals surface area contributed by atoms with Crippen LogP contribution in [-0.4, -0.2) is 56.0 Å². The van der Waals surface area contributed by atoms with Crippen LogP contribution >= 0.6 is 0 Å². The average molecular weight is 402 g/mol. The first-order chi connectivity index (χ1) is 13.8. The fourth-order valence-corrected chi connectivity index (χ4v) is 2.53. The maximum atomic E-state index is 12.2. The molecule has 2 rings (SSSR count). The van der Waals surface area contributed by atoms with Crippen LogP contribution in [0.2, 0.25) is 0 Å². The molecule has 0 unspecified atom stereocenters. The highest BCUT2D eigenvalue weighted by Gasteiger charge is 2.18. The van der Waals surface area contributed by atoms with Crippen molar-refractivity contribution in [3.8, 4) is 11.5 Å². The van der Waals surface area contributed by atoms with Crippen LogP contribution in [0.4, 0.5) is 17.1 Å². The number of benzene rings is 2. The number of carbonyl (C=O) groups excluding carboxylic acids is 2. The molecule has 0 aliphatic heterocycles. The van der Waals surface area contributed by atoms with Crippen LogP contribution in [0.1, 0.15) is 0 Å². The Balaban J connectivity index is 1.92. The number of hydrogen-bond acceptors (Lipinski definition) is 7. The molecule has 0 spiro atoms. The number of amides is 2. The maximum absolute atomic E-state index is 12.2. The fourth-order valence-electron chi connectivity index (χ4n) is 2.53. The third-order valence-corrected chi connectivity index (χ3v) is 3.86. The van der Waals surface area contributed by atoms with Crippen molar-refractivity contribution in [2.24, 2.45) is 0 Å². The molecule has 0 saturated carbocycles. The Morgan fingerprint density at radius 1 is 1.00 bits per heavy atom. The Bertz CT molecular complexity index is 902. The van der Waals surface area contributed by atoms with Gasteiger partial charge < -0.3 is 20.1 Å². The molecule has 0 bridgehead atoms. The van der Waals surface area contributed by atoms with Gasteiger partial charge in [-0.15, -0.1) is 0 Å². The van der Waals surface area contributed by atoms with E-state index >= 15 is 0 Å². The van der Waals surface area contributed by atoms with E-state index in [9.17, 15) is 19.7 Å². The monoisotopic (exact) mass is 402 g/mol. The molecule has 0 aliphatic rings. The third kappa shape index (κ3) is 6.47. The topological polar surface area (TPSA) is 123 Å². The predicted octanol–water partition coefficient (Wildman–Crippen LogP) is 2.12. The fraction of sp³-hybridized carbons (Fsp3) is 0.263. The zero-order valence-electron chi connectivity index (χ0n) is 16.3. The summed E-state index contributed by atoms with van der Waals surface area (Å²) in [6, 6.07) is 11.0. The molecule has 2 N–H and O–H groups in total. The lowest BCUT2D eigenvalue weighted by molar-refractivity contribution is -0.384. The van der Waals surface area contributed by atoms with Gasteiger partial charge in [-0.1, -0.05) is 6.07 Å². The number of methoxy groups -OCH3 is 2. The molecule has 29 heavy (non-hydrogen) atoms. The molecule has 154 valence electrons. The van der Waals surface area contributed by atoms with Gasteiger partial charge in [0.25, 0.3) is 5.69 Å². The van der Waals surface area contributed by atoms with Crippen LogP contribution in [0.15, 0.2) is 42.5 Å². The van der Waals surface area contributed by atoms with Crippen molar-refractivity contribution in [3.05, 3.63) is 52.6 Å². The standard InChI is InChI=1S/C19H22N4O6/c1-22(11-18(24)20-13-5-4-6-14(9-13)28-2)12-19(25)21-16-8-7-15(29-3)10-17(16)23(26)27/h4-10H,11-12H2,1-3H3,(H,20,24)(H,21,25). The van der Waals surface area contributed by atoms with E-state index in [0.717, 1.165) is 0 Å². The molecule has 0 heterocycles. The zero-order chi connectivity index (χ0) is 21.4. The number of nitrogens with one attached hydrogen (secondary N) is 2. The minimum Gasteiger partial charge on any atom is -0.497 e. The Hall–Kier alpha value is -3.66. The number of anilines is 2. The smallest absolute Gasteiger partial charge is 0.296 e. The van der Waals surface area contributed by atoms with Crippen molar-refractivity contribution in [2.45, 2.75) is 0 Å². The summed E-state index contributed by atoms with van der Waals surface area (Å²) in [6.07, 6.45) is 0. The molecule has 0 aliphatic carbocycles. The van der Waals surface area contributed by atoms with Gasteiger partial charge in [0.15, 0.2) is 0 Å². The van der Waals surface area contributed by atoms with Crippen LogP contribution in [0, 0.1) is 10.1 Å². The summed E-state index contributed by atoms with van der Waals surface area (Å²) < 4.78 is 10.1. The molecule has 2 amide bonds.